The fraction of sp³-hybridized carbons (Fsp3) is 0.917. The molecule has 0 bridgehead atoms. The predicted octanol–water partition coefficient (Wildman–Crippen LogP) is 1.98. The van der Waals surface area contributed by atoms with Crippen molar-refractivity contribution in [2.24, 2.45) is 0 Å². The number of likely N-dealkylation sites (tertiary alicyclic amines) is 1. The van der Waals surface area contributed by atoms with Crippen LogP contribution in [0.3, 0.4) is 0 Å². The summed E-state index contributed by atoms with van der Waals surface area (Å²) in [4.78, 5) is 15.5. The summed E-state index contributed by atoms with van der Waals surface area (Å²) < 4.78 is 0. The van der Waals surface area contributed by atoms with Gasteiger partial charge in [0.25, 0.3) is 0 Å². The van der Waals surface area contributed by atoms with Crippen molar-refractivity contribution < 1.29 is 4.79 Å². The van der Waals surface area contributed by atoms with Gasteiger partial charge in [-0.15, -0.1) is 0 Å². The molecular weight excluding hydrogens is 188 g/mol. The van der Waals surface area contributed by atoms with Crippen LogP contribution in [0, 0.1) is 0 Å². The predicted molar refractivity (Wildman–Crippen MR) is 64.9 cm³/mol. The summed E-state index contributed by atoms with van der Waals surface area (Å²) in [6.07, 6.45) is 1.14. The van der Waals surface area contributed by atoms with Gasteiger partial charge in [-0.1, -0.05) is 27.7 Å². The van der Waals surface area contributed by atoms with E-state index in [1.165, 1.54) is 0 Å². The van der Waals surface area contributed by atoms with E-state index in [9.17, 15) is 4.79 Å². The SMILES string of the molecule is CC.CCN(CC)C1CCN(C(C)=O)C1. The average molecular weight is 214 g/mol. The first-order chi connectivity index (χ1) is 7.19. The summed E-state index contributed by atoms with van der Waals surface area (Å²) in [7, 11) is 0. The second-order valence-electron chi connectivity index (χ2n) is 3.63. The van der Waals surface area contributed by atoms with Crippen LogP contribution < -0.4 is 0 Å². The maximum atomic E-state index is 11.1. The molecule has 0 radical (unpaired) electrons. The summed E-state index contributed by atoms with van der Waals surface area (Å²) in [5, 5.41) is 0. The van der Waals surface area contributed by atoms with E-state index in [-0.39, 0.29) is 5.91 Å². The third kappa shape index (κ3) is 4.20. The molecule has 0 aliphatic carbocycles. The summed E-state index contributed by atoms with van der Waals surface area (Å²) in [5.41, 5.74) is 0. The van der Waals surface area contributed by atoms with Crippen molar-refractivity contribution in [2.45, 2.75) is 47.1 Å². The fourth-order valence-corrected chi connectivity index (χ4v) is 2.07. The van der Waals surface area contributed by atoms with Crippen molar-refractivity contribution in [2.75, 3.05) is 26.2 Å². The van der Waals surface area contributed by atoms with Gasteiger partial charge in [0, 0.05) is 26.1 Å². The number of carbonyl (C=O) groups is 1. The molecule has 0 N–H and O–H groups in total. The Balaban J connectivity index is 0.000000921. The molecule has 1 unspecified atom stereocenters. The van der Waals surface area contributed by atoms with E-state index < -0.39 is 0 Å². The van der Waals surface area contributed by atoms with Gasteiger partial charge in [-0.3, -0.25) is 9.69 Å². The third-order valence-electron chi connectivity index (χ3n) is 2.94. The minimum atomic E-state index is 0.217. The van der Waals surface area contributed by atoms with E-state index in [0.717, 1.165) is 32.6 Å². The first-order valence-electron chi connectivity index (χ1n) is 6.18. The van der Waals surface area contributed by atoms with E-state index in [0.29, 0.717) is 6.04 Å². The van der Waals surface area contributed by atoms with Crippen LogP contribution in [-0.4, -0.2) is 47.9 Å². The highest BCUT2D eigenvalue weighted by Crippen LogP contribution is 2.14. The van der Waals surface area contributed by atoms with Crippen molar-refractivity contribution >= 4 is 5.91 Å². The van der Waals surface area contributed by atoms with E-state index in [1.807, 2.05) is 18.7 Å². The minimum Gasteiger partial charge on any atom is -0.341 e. The van der Waals surface area contributed by atoms with Crippen LogP contribution in [0.5, 0.6) is 0 Å². The number of hydrogen-bond donors (Lipinski definition) is 0. The van der Waals surface area contributed by atoms with Gasteiger partial charge in [0.05, 0.1) is 0 Å². The maximum Gasteiger partial charge on any atom is 0.219 e. The number of carbonyl (C=O) groups excluding carboxylic acids is 1. The summed E-state index contributed by atoms with van der Waals surface area (Å²) in [6, 6.07) is 0.596. The molecule has 3 heteroatoms. The fourth-order valence-electron chi connectivity index (χ4n) is 2.07. The first-order valence-corrected chi connectivity index (χ1v) is 6.18. The van der Waals surface area contributed by atoms with Gasteiger partial charge >= 0.3 is 0 Å². The van der Waals surface area contributed by atoms with Crippen LogP contribution in [0.15, 0.2) is 0 Å². The van der Waals surface area contributed by atoms with Gasteiger partial charge in [0.15, 0.2) is 0 Å². The molecule has 1 saturated heterocycles. The Morgan fingerprint density at radius 3 is 2.20 bits per heavy atom. The molecule has 1 atom stereocenters. The van der Waals surface area contributed by atoms with Gasteiger partial charge in [0.1, 0.15) is 0 Å². The Kier molecular flexibility index (Phi) is 7.39. The van der Waals surface area contributed by atoms with Crippen molar-refractivity contribution in [3.8, 4) is 0 Å². The largest absolute Gasteiger partial charge is 0.341 e. The zero-order valence-corrected chi connectivity index (χ0v) is 10.9. The van der Waals surface area contributed by atoms with Gasteiger partial charge < -0.3 is 4.90 Å². The van der Waals surface area contributed by atoms with Gasteiger partial charge in [-0.05, 0) is 19.5 Å². The molecule has 15 heavy (non-hydrogen) atoms. The Bertz CT molecular complexity index is 178. The molecular formula is C12H26N2O. The van der Waals surface area contributed by atoms with Crippen molar-refractivity contribution in [1.29, 1.82) is 0 Å². The zero-order valence-electron chi connectivity index (χ0n) is 10.9. The van der Waals surface area contributed by atoms with Crippen LogP contribution in [0.2, 0.25) is 0 Å². The van der Waals surface area contributed by atoms with Crippen molar-refractivity contribution in [3.63, 3.8) is 0 Å². The van der Waals surface area contributed by atoms with Crippen molar-refractivity contribution in [1.82, 2.24) is 9.80 Å². The first kappa shape index (κ1) is 14.4. The minimum absolute atomic E-state index is 0.217. The van der Waals surface area contributed by atoms with Gasteiger partial charge in [0.2, 0.25) is 5.91 Å². The Morgan fingerprint density at radius 1 is 1.33 bits per heavy atom. The summed E-state index contributed by atoms with van der Waals surface area (Å²) in [5.74, 6) is 0.217. The molecule has 3 nitrogen and oxygen atoms in total. The highest BCUT2D eigenvalue weighted by Gasteiger charge is 2.27. The molecule has 0 aromatic carbocycles. The van der Waals surface area contributed by atoms with Gasteiger partial charge in [-0.25, -0.2) is 0 Å². The molecule has 0 aromatic rings. The molecule has 1 rings (SSSR count). The number of nitrogens with zero attached hydrogens (tertiary/aromatic N) is 2. The van der Waals surface area contributed by atoms with Crippen LogP contribution >= 0.6 is 0 Å². The van der Waals surface area contributed by atoms with Crippen LogP contribution in [0.1, 0.15) is 41.0 Å². The summed E-state index contributed by atoms with van der Waals surface area (Å²) >= 11 is 0. The lowest BCUT2D eigenvalue weighted by Gasteiger charge is -2.25. The smallest absolute Gasteiger partial charge is 0.219 e. The average Bonchev–Trinajstić information content (AvgIpc) is 2.72. The highest BCUT2D eigenvalue weighted by atomic mass is 16.2. The molecule has 1 aliphatic rings. The van der Waals surface area contributed by atoms with E-state index in [1.54, 1.807) is 6.92 Å². The Labute approximate surface area is 94.4 Å². The van der Waals surface area contributed by atoms with Crippen LogP contribution in [-0.2, 0) is 4.79 Å². The van der Waals surface area contributed by atoms with E-state index in [4.69, 9.17) is 0 Å². The number of hydrogen-bond acceptors (Lipinski definition) is 2. The second-order valence-corrected chi connectivity index (χ2v) is 3.63. The second kappa shape index (κ2) is 7.69. The standard InChI is InChI=1S/C10H20N2O.C2H6/c1-4-11(5-2)10-6-7-12(8-10)9(3)13;1-2/h10H,4-8H2,1-3H3;1-2H3. The van der Waals surface area contributed by atoms with Crippen LogP contribution in [0.25, 0.3) is 0 Å². The van der Waals surface area contributed by atoms with E-state index >= 15 is 0 Å². The van der Waals surface area contributed by atoms with Crippen molar-refractivity contribution in [3.05, 3.63) is 0 Å². The Hall–Kier alpha value is -0.570. The van der Waals surface area contributed by atoms with Gasteiger partial charge in [-0.2, -0.15) is 0 Å². The lowest BCUT2D eigenvalue weighted by atomic mass is 10.2. The number of likely N-dealkylation sites (N-methyl/N-ethyl adjacent to an activating group) is 1. The molecule has 1 heterocycles. The Morgan fingerprint density at radius 2 is 1.87 bits per heavy atom. The highest BCUT2D eigenvalue weighted by molar-refractivity contribution is 5.73. The topological polar surface area (TPSA) is 23.6 Å². The third-order valence-corrected chi connectivity index (χ3v) is 2.94. The van der Waals surface area contributed by atoms with E-state index in [2.05, 4.69) is 18.7 Å². The zero-order chi connectivity index (χ0) is 11.8. The molecule has 0 aromatic heterocycles. The monoisotopic (exact) mass is 214 g/mol. The molecule has 0 saturated carbocycles. The maximum absolute atomic E-state index is 11.1. The molecule has 0 spiro atoms. The molecule has 1 aliphatic heterocycles. The number of rotatable bonds is 3. The molecule has 1 fully saturated rings. The molecule has 90 valence electrons. The van der Waals surface area contributed by atoms with Crippen LogP contribution in [0.4, 0.5) is 0 Å². The number of amides is 1. The lowest BCUT2D eigenvalue weighted by Crippen LogP contribution is -2.38. The summed E-state index contributed by atoms with van der Waals surface area (Å²) in [6.45, 7) is 14.1. The lowest BCUT2D eigenvalue weighted by molar-refractivity contribution is -0.127. The quantitative estimate of drug-likeness (QED) is 0.717. The molecule has 1 amide bonds. The normalized spacial score (nSPS) is 20.1.